The van der Waals surface area contributed by atoms with Gasteiger partial charge in [-0.2, -0.15) is 0 Å². The van der Waals surface area contributed by atoms with Crippen LogP contribution >= 0.6 is 0 Å². The molecule has 2 aromatic rings. The fourth-order valence-electron chi connectivity index (χ4n) is 1.85. The number of H-pyrrole nitrogens is 1. The van der Waals surface area contributed by atoms with Gasteiger partial charge < -0.3 is 19.8 Å². The van der Waals surface area contributed by atoms with Crippen LogP contribution < -0.4 is 10.9 Å². The van der Waals surface area contributed by atoms with Crippen LogP contribution in [0.3, 0.4) is 0 Å². The Bertz CT molecular complexity index is 644. The van der Waals surface area contributed by atoms with Gasteiger partial charge >= 0.3 is 0 Å². The molecule has 1 amide bonds. The summed E-state index contributed by atoms with van der Waals surface area (Å²) in [5.74, 6) is -0.00783. The third-order valence-electron chi connectivity index (χ3n) is 2.77. The molecule has 0 saturated heterocycles. The molecule has 7 heteroatoms. The maximum absolute atomic E-state index is 12.0. The molecule has 0 fully saturated rings. The zero-order chi connectivity index (χ0) is 13.8. The number of carbonyl (C=O) groups is 1. The molecule has 2 heterocycles. The molecule has 0 spiro atoms. The Labute approximate surface area is 108 Å². The van der Waals surface area contributed by atoms with Crippen molar-refractivity contribution in [3.05, 3.63) is 28.0 Å². The molecule has 0 aliphatic carbocycles. The number of furan rings is 1. The van der Waals surface area contributed by atoms with Crippen molar-refractivity contribution in [3.8, 4) is 0 Å². The van der Waals surface area contributed by atoms with Crippen LogP contribution in [0.25, 0.3) is 11.1 Å². The summed E-state index contributed by atoms with van der Waals surface area (Å²) in [6.45, 7) is 2.14. The highest BCUT2D eigenvalue weighted by Crippen LogP contribution is 2.20. The second-order valence-electron chi connectivity index (χ2n) is 4.13. The average Bonchev–Trinajstić information content (AvgIpc) is 2.72. The third-order valence-corrected chi connectivity index (χ3v) is 2.77. The molecule has 2 aromatic heterocycles. The Morgan fingerprint density at radius 3 is 3.05 bits per heavy atom. The highest BCUT2D eigenvalue weighted by atomic mass is 16.3. The smallest absolute Gasteiger partial charge is 0.262 e. The van der Waals surface area contributed by atoms with E-state index in [9.17, 15) is 9.59 Å². The van der Waals surface area contributed by atoms with Crippen LogP contribution in [0, 0.1) is 6.92 Å². The molecule has 0 saturated carbocycles. The topological polar surface area (TPSA) is 108 Å². The molecule has 0 unspecified atom stereocenters. The Balaban J connectivity index is 2.26. The summed E-state index contributed by atoms with van der Waals surface area (Å²) in [6, 6.07) is 0. The molecule has 0 aliphatic heterocycles. The molecule has 0 atom stereocenters. The van der Waals surface area contributed by atoms with Crippen molar-refractivity contribution < 1.29 is 14.3 Å². The number of aliphatic hydroxyl groups excluding tert-OH is 1. The Morgan fingerprint density at radius 1 is 1.53 bits per heavy atom. The second-order valence-corrected chi connectivity index (χ2v) is 4.13. The number of nitrogens with zero attached hydrogens (tertiary/aromatic N) is 1. The summed E-state index contributed by atoms with van der Waals surface area (Å²) in [4.78, 5) is 30.1. The van der Waals surface area contributed by atoms with E-state index in [1.54, 1.807) is 6.92 Å². The zero-order valence-electron chi connectivity index (χ0n) is 10.5. The van der Waals surface area contributed by atoms with Crippen molar-refractivity contribution >= 4 is 17.0 Å². The third kappa shape index (κ3) is 2.65. The molecule has 3 N–H and O–H groups in total. The van der Waals surface area contributed by atoms with E-state index in [4.69, 9.17) is 9.52 Å². The number of carbonyl (C=O) groups excluding carboxylic acids is 1. The van der Waals surface area contributed by atoms with Crippen LogP contribution in [-0.2, 0) is 0 Å². The summed E-state index contributed by atoms with van der Waals surface area (Å²) in [5.41, 5.74) is -0.0301. The number of hydrogen-bond acceptors (Lipinski definition) is 5. The number of aliphatic hydroxyl groups is 1. The standard InChI is InChI=1S/C12H15N3O4/c1-7-8(10(17)13-4-2-3-5-16)9-11(18)14-6-15-12(9)19-7/h6,16H,2-5H2,1H3,(H,13,17)(H,14,15,18). The van der Waals surface area contributed by atoms with Gasteiger partial charge in [-0.25, -0.2) is 4.98 Å². The van der Waals surface area contributed by atoms with E-state index in [-0.39, 0.29) is 29.2 Å². The minimum absolute atomic E-state index is 0.0904. The predicted octanol–water partition coefficient (Wildman–Crippen LogP) is 0.327. The van der Waals surface area contributed by atoms with Gasteiger partial charge in [-0.05, 0) is 19.8 Å². The van der Waals surface area contributed by atoms with E-state index in [0.29, 0.717) is 25.1 Å². The summed E-state index contributed by atoms with van der Waals surface area (Å²) in [7, 11) is 0. The summed E-state index contributed by atoms with van der Waals surface area (Å²) >= 11 is 0. The number of nitrogens with one attached hydrogen (secondary N) is 2. The van der Waals surface area contributed by atoms with Crippen molar-refractivity contribution in [2.45, 2.75) is 19.8 Å². The van der Waals surface area contributed by atoms with Gasteiger partial charge in [0.1, 0.15) is 11.1 Å². The first-order valence-corrected chi connectivity index (χ1v) is 6.01. The van der Waals surface area contributed by atoms with Crippen molar-refractivity contribution in [2.24, 2.45) is 0 Å². The average molecular weight is 265 g/mol. The van der Waals surface area contributed by atoms with Crippen LogP contribution in [0.2, 0.25) is 0 Å². The van der Waals surface area contributed by atoms with E-state index in [2.05, 4.69) is 15.3 Å². The van der Waals surface area contributed by atoms with Gasteiger partial charge in [0.2, 0.25) is 5.71 Å². The first-order chi connectivity index (χ1) is 9.15. The number of rotatable bonds is 5. The van der Waals surface area contributed by atoms with Gasteiger partial charge in [-0.1, -0.05) is 0 Å². The molecule has 19 heavy (non-hydrogen) atoms. The number of aryl methyl sites for hydroxylation is 1. The predicted molar refractivity (Wildman–Crippen MR) is 68.0 cm³/mol. The normalized spacial score (nSPS) is 10.8. The van der Waals surface area contributed by atoms with Crippen molar-refractivity contribution in [1.29, 1.82) is 0 Å². The summed E-state index contributed by atoms with van der Waals surface area (Å²) < 4.78 is 5.30. The van der Waals surface area contributed by atoms with Crippen molar-refractivity contribution in [3.63, 3.8) is 0 Å². The van der Waals surface area contributed by atoms with Crippen LogP contribution in [0.4, 0.5) is 0 Å². The molecule has 0 bridgehead atoms. The Kier molecular flexibility index (Phi) is 3.96. The van der Waals surface area contributed by atoms with Crippen LogP contribution in [0.1, 0.15) is 29.0 Å². The number of aromatic amines is 1. The first kappa shape index (κ1) is 13.3. The lowest BCUT2D eigenvalue weighted by molar-refractivity contribution is 0.0952. The van der Waals surface area contributed by atoms with E-state index in [0.717, 1.165) is 0 Å². The van der Waals surface area contributed by atoms with Crippen molar-refractivity contribution in [2.75, 3.05) is 13.2 Å². The van der Waals surface area contributed by atoms with Crippen LogP contribution in [0.15, 0.2) is 15.5 Å². The molecule has 0 aliphatic rings. The number of hydrogen-bond donors (Lipinski definition) is 3. The number of unbranched alkanes of at least 4 members (excludes halogenated alkanes) is 1. The molecule has 0 radical (unpaired) electrons. The van der Waals surface area contributed by atoms with Gasteiger partial charge in [0.25, 0.3) is 11.5 Å². The fraction of sp³-hybridized carbons (Fsp3) is 0.417. The summed E-state index contributed by atoms with van der Waals surface area (Å²) in [6.07, 6.45) is 2.52. The fourth-order valence-corrected chi connectivity index (χ4v) is 1.85. The molecular weight excluding hydrogens is 250 g/mol. The first-order valence-electron chi connectivity index (χ1n) is 6.01. The lowest BCUT2D eigenvalue weighted by Crippen LogP contribution is -2.26. The highest BCUT2D eigenvalue weighted by Gasteiger charge is 2.21. The van der Waals surface area contributed by atoms with Gasteiger partial charge in [0.15, 0.2) is 0 Å². The molecule has 0 aromatic carbocycles. The lowest BCUT2D eigenvalue weighted by atomic mass is 10.2. The van der Waals surface area contributed by atoms with Crippen molar-refractivity contribution in [1.82, 2.24) is 15.3 Å². The molecule has 2 rings (SSSR count). The largest absolute Gasteiger partial charge is 0.442 e. The quantitative estimate of drug-likeness (QED) is 0.675. The molecule has 7 nitrogen and oxygen atoms in total. The van der Waals surface area contributed by atoms with E-state index in [1.165, 1.54) is 6.33 Å². The van der Waals surface area contributed by atoms with Gasteiger partial charge in [-0.3, -0.25) is 9.59 Å². The van der Waals surface area contributed by atoms with Gasteiger partial charge in [-0.15, -0.1) is 0 Å². The summed E-state index contributed by atoms with van der Waals surface area (Å²) in [5, 5.41) is 11.5. The van der Waals surface area contributed by atoms with Gasteiger partial charge in [0, 0.05) is 13.2 Å². The van der Waals surface area contributed by atoms with Crippen LogP contribution in [-0.4, -0.2) is 34.1 Å². The van der Waals surface area contributed by atoms with Gasteiger partial charge in [0.05, 0.1) is 11.9 Å². The molecule has 102 valence electrons. The van der Waals surface area contributed by atoms with Crippen LogP contribution in [0.5, 0.6) is 0 Å². The lowest BCUT2D eigenvalue weighted by Gasteiger charge is -2.03. The minimum atomic E-state index is -0.401. The Hall–Kier alpha value is -2.15. The maximum atomic E-state index is 12.0. The monoisotopic (exact) mass is 265 g/mol. The minimum Gasteiger partial charge on any atom is -0.442 e. The number of aromatic nitrogens is 2. The van der Waals surface area contributed by atoms with E-state index >= 15 is 0 Å². The Morgan fingerprint density at radius 2 is 2.32 bits per heavy atom. The molecular formula is C12H15N3O4. The highest BCUT2D eigenvalue weighted by molar-refractivity contribution is 6.06. The van der Waals surface area contributed by atoms with E-state index in [1.807, 2.05) is 0 Å². The SMILES string of the molecule is Cc1oc2nc[nH]c(=O)c2c1C(=O)NCCCCO. The van der Waals surface area contributed by atoms with E-state index < -0.39 is 5.56 Å². The number of amides is 1. The zero-order valence-corrected chi connectivity index (χ0v) is 10.5. The number of fused-ring (bicyclic) bond motifs is 1. The second kappa shape index (κ2) is 5.66. The maximum Gasteiger partial charge on any atom is 0.262 e.